The number of nitrogens with one attached hydrogen (secondary N) is 2. The first kappa shape index (κ1) is 18.2. The molecular weight excluding hydrogens is 287 g/mol. The molecule has 2 N–H and O–H groups in total. The summed E-state index contributed by atoms with van der Waals surface area (Å²) in [7, 11) is 1.93. The molecule has 19 heavy (non-hydrogen) atoms. The Morgan fingerprint density at radius 2 is 2.16 bits per heavy atom. The van der Waals surface area contributed by atoms with Gasteiger partial charge in [0.25, 0.3) is 0 Å². The third-order valence-corrected chi connectivity index (χ3v) is 3.30. The number of hydrogen-bond donors (Lipinski definition) is 2. The lowest BCUT2D eigenvalue weighted by Gasteiger charge is -2.21. The van der Waals surface area contributed by atoms with Crippen LogP contribution in [0.4, 0.5) is 0 Å². The highest BCUT2D eigenvalue weighted by Crippen LogP contribution is 2.15. The van der Waals surface area contributed by atoms with E-state index >= 15 is 0 Å². The van der Waals surface area contributed by atoms with Gasteiger partial charge < -0.3 is 15.2 Å². The molecule has 0 radical (unpaired) electrons. The number of amides is 1. The van der Waals surface area contributed by atoms with Crippen LogP contribution in [0.3, 0.4) is 0 Å². The minimum absolute atomic E-state index is 0. The molecule has 0 atom stereocenters. The van der Waals surface area contributed by atoms with Gasteiger partial charge in [0.2, 0.25) is 5.91 Å². The highest BCUT2D eigenvalue weighted by atomic mass is 35.5. The Labute approximate surface area is 126 Å². The molecular formula is C12H22Cl2N4O. The molecule has 110 valence electrons. The van der Waals surface area contributed by atoms with Crippen molar-refractivity contribution in [3.8, 4) is 0 Å². The molecule has 0 spiro atoms. The molecule has 1 aromatic heterocycles. The first-order valence-corrected chi connectivity index (χ1v) is 6.19. The summed E-state index contributed by atoms with van der Waals surface area (Å²) in [5.41, 5.74) is 0. The predicted octanol–water partition coefficient (Wildman–Crippen LogP) is 1.27. The molecule has 1 fully saturated rings. The van der Waals surface area contributed by atoms with Gasteiger partial charge in [-0.05, 0) is 31.8 Å². The lowest BCUT2D eigenvalue weighted by atomic mass is 9.94. The second kappa shape index (κ2) is 9.18. The third-order valence-electron chi connectivity index (χ3n) is 3.30. The van der Waals surface area contributed by atoms with E-state index in [1.54, 1.807) is 6.20 Å². The number of carbonyl (C=O) groups is 1. The molecule has 1 aliphatic rings. The van der Waals surface area contributed by atoms with Crippen LogP contribution >= 0.6 is 24.8 Å². The van der Waals surface area contributed by atoms with Gasteiger partial charge in [-0.1, -0.05) is 0 Å². The van der Waals surface area contributed by atoms with Crippen LogP contribution in [0.2, 0.25) is 0 Å². The molecule has 0 unspecified atom stereocenters. The molecule has 2 heterocycles. The average molecular weight is 309 g/mol. The number of aryl methyl sites for hydroxylation is 1. The van der Waals surface area contributed by atoms with Crippen molar-refractivity contribution < 1.29 is 4.79 Å². The molecule has 7 heteroatoms. The van der Waals surface area contributed by atoms with Crippen molar-refractivity contribution in [2.75, 3.05) is 13.1 Å². The van der Waals surface area contributed by atoms with Crippen LogP contribution in [0.5, 0.6) is 0 Å². The Balaban J connectivity index is 0.00000162. The number of imidazole rings is 1. The highest BCUT2D eigenvalue weighted by Gasteiger charge is 2.16. The predicted molar refractivity (Wildman–Crippen MR) is 79.8 cm³/mol. The Morgan fingerprint density at radius 3 is 2.74 bits per heavy atom. The average Bonchev–Trinajstić information content (AvgIpc) is 2.74. The van der Waals surface area contributed by atoms with E-state index in [0.717, 1.165) is 31.8 Å². The fraction of sp³-hybridized carbons (Fsp3) is 0.667. The minimum atomic E-state index is 0. The number of hydrogen-bond acceptors (Lipinski definition) is 3. The zero-order valence-electron chi connectivity index (χ0n) is 11.1. The number of halogens is 2. The van der Waals surface area contributed by atoms with E-state index in [1.165, 1.54) is 0 Å². The molecule has 1 saturated heterocycles. The highest BCUT2D eigenvalue weighted by molar-refractivity contribution is 5.85. The smallest absolute Gasteiger partial charge is 0.220 e. The quantitative estimate of drug-likeness (QED) is 0.880. The van der Waals surface area contributed by atoms with Crippen molar-refractivity contribution in [3.63, 3.8) is 0 Å². The van der Waals surface area contributed by atoms with Gasteiger partial charge in [0.1, 0.15) is 5.82 Å². The first-order valence-electron chi connectivity index (χ1n) is 6.19. The lowest BCUT2D eigenvalue weighted by Crippen LogP contribution is -2.32. The molecule has 0 bridgehead atoms. The van der Waals surface area contributed by atoms with Crippen molar-refractivity contribution in [2.24, 2.45) is 13.0 Å². The van der Waals surface area contributed by atoms with Crippen molar-refractivity contribution in [1.82, 2.24) is 20.2 Å². The number of carbonyl (C=O) groups excluding carboxylic acids is 1. The maximum absolute atomic E-state index is 11.7. The van der Waals surface area contributed by atoms with Gasteiger partial charge in [0.05, 0.1) is 6.54 Å². The summed E-state index contributed by atoms with van der Waals surface area (Å²) in [6.07, 6.45) is 6.49. The summed E-state index contributed by atoms with van der Waals surface area (Å²) in [5.74, 6) is 1.57. The van der Waals surface area contributed by atoms with E-state index in [-0.39, 0.29) is 30.7 Å². The molecule has 0 aliphatic carbocycles. The Morgan fingerprint density at radius 1 is 1.47 bits per heavy atom. The van der Waals surface area contributed by atoms with Gasteiger partial charge in [-0.3, -0.25) is 4.79 Å². The Bertz CT molecular complexity index is 378. The van der Waals surface area contributed by atoms with Gasteiger partial charge in [-0.15, -0.1) is 24.8 Å². The molecule has 1 amide bonds. The fourth-order valence-corrected chi connectivity index (χ4v) is 2.16. The molecule has 1 aromatic rings. The zero-order chi connectivity index (χ0) is 12.1. The van der Waals surface area contributed by atoms with E-state index in [0.29, 0.717) is 18.9 Å². The maximum atomic E-state index is 11.7. The second-order valence-electron chi connectivity index (χ2n) is 4.63. The van der Waals surface area contributed by atoms with E-state index < -0.39 is 0 Å². The van der Waals surface area contributed by atoms with E-state index in [4.69, 9.17) is 0 Å². The van der Waals surface area contributed by atoms with Crippen molar-refractivity contribution in [2.45, 2.75) is 25.8 Å². The maximum Gasteiger partial charge on any atom is 0.220 e. The Kier molecular flexibility index (Phi) is 8.80. The van der Waals surface area contributed by atoms with Crippen LogP contribution in [0.25, 0.3) is 0 Å². The van der Waals surface area contributed by atoms with Crippen molar-refractivity contribution in [1.29, 1.82) is 0 Å². The molecule has 1 aliphatic heterocycles. The molecule has 0 aromatic carbocycles. The lowest BCUT2D eigenvalue weighted by molar-refractivity contribution is -0.122. The largest absolute Gasteiger partial charge is 0.349 e. The van der Waals surface area contributed by atoms with E-state index in [2.05, 4.69) is 15.6 Å². The summed E-state index contributed by atoms with van der Waals surface area (Å²) < 4.78 is 1.92. The van der Waals surface area contributed by atoms with Crippen molar-refractivity contribution >= 4 is 30.7 Å². The summed E-state index contributed by atoms with van der Waals surface area (Å²) in [5, 5.41) is 6.24. The summed E-state index contributed by atoms with van der Waals surface area (Å²) in [4.78, 5) is 15.9. The van der Waals surface area contributed by atoms with Gasteiger partial charge in [0, 0.05) is 25.9 Å². The normalized spacial score (nSPS) is 15.2. The number of nitrogens with zero attached hydrogens (tertiary/aromatic N) is 2. The SMILES string of the molecule is Cl.Cl.Cn1ccnc1CNC(=O)CC1CCNCC1. The van der Waals surface area contributed by atoms with Crippen LogP contribution in [0.1, 0.15) is 25.1 Å². The topological polar surface area (TPSA) is 59.0 Å². The van der Waals surface area contributed by atoms with Crippen molar-refractivity contribution in [3.05, 3.63) is 18.2 Å². The van der Waals surface area contributed by atoms with Crippen LogP contribution in [0.15, 0.2) is 12.4 Å². The molecule has 2 rings (SSSR count). The number of rotatable bonds is 4. The van der Waals surface area contributed by atoms with Crippen LogP contribution in [-0.4, -0.2) is 28.5 Å². The van der Waals surface area contributed by atoms with Gasteiger partial charge in [0.15, 0.2) is 0 Å². The third kappa shape index (κ3) is 5.80. The van der Waals surface area contributed by atoms with Crippen LogP contribution in [-0.2, 0) is 18.4 Å². The number of aromatic nitrogens is 2. The first-order chi connectivity index (χ1) is 8.25. The molecule has 5 nitrogen and oxygen atoms in total. The fourth-order valence-electron chi connectivity index (χ4n) is 2.16. The second-order valence-corrected chi connectivity index (χ2v) is 4.63. The summed E-state index contributed by atoms with van der Waals surface area (Å²) >= 11 is 0. The molecule has 0 saturated carbocycles. The standard InChI is InChI=1S/C12H20N4O.2ClH/c1-16-7-6-14-11(16)9-15-12(17)8-10-2-4-13-5-3-10;;/h6-7,10,13H,2-5,8-9H2,1H3,(H,15,17);2*1H. The van der Waals surface area contributed by atoms with Crippen LogP contribution < -0.4 is 10.6 Å². The summed E-state index contributed by atoms with van der Waals surface area (Å²) in [6, 6.07) is 0. The number of piperidine rings is 1. The minimum Gasteiger partial charge on any atom is -0.349 e. The Hall–Kier alpha value is -0.780. The van der Waals surface area contributed by atoms with Gasteiger partial charge >= 0.3 is 0 Å². The van der Waals surface area contributed by atoms with Gasteiger partial charge in [-0.2, -0.15) is 0 Å². The van der Waals surface area contributed by atoms with E-state index in [9.17, 15) is 4.79 Å². The zero-order valence-corrected chi connectivity index (χ0v) is 12.7. The summed E-state index contributed by atoms with van der Waals surface area (Å²) in [6.45, 7) is 2.60. The van der Waals surface area contributed by atoms with E-state index in [1.807, 2.05) is 17.8 Å². The van der Waals surface area contributed by atoms with Crippen LogP contribution in [0, 0.1) is 5.92 Å². The van der Waals surface area contributed by atoms with Gasteiger partial charge in [-0.25, -0.2) is 4.98 Å². The monoisotopic (exact) mass is 308 g/mol.